The minimum Gasteiger partial charge on any atom is -0.299 e. The smallest absolute Gasteiger partial charge is 0.190 e. The van der Waals surface area contributed by atoms with Crippen LogP contribution >= 0.6 is 11.8 Å². The van der Waals surface area contributed by atoms with Crippen LogP contribution in [0, 0.1) is 0 Å². The fourth-order valence-corrected chi connectivity index (χ4v) is 3.77. The maximum Gasteiger partial charge on any atom is 0.190 e. The number of carbonyl (C=O) groups excluding carboxylic acids is 1. The van der Waals surface area contributed by atoms with Crippen LogP contribution in [0.25, 0.3) is 0 Å². The number of carbonyl (C=O) groups is 1. The zero-order valence-corrected chi connectivity index (χ0v) is 9.68. The molecule has 2 fully saturated rings. The molecule has 2 heterocycles. The lowest BCUT2D eigenvalue weighted by Crippen LogP contribution is -2.32. The minimum absolute atomic E-state index is 0.417. The Labute approximate surface area is 90.4 Å². The number of fused-ring (bicyclic) bond motifs is 1. The predicted molar refractivity (Wildman–Crippen MR) is 60.5 cm³/mol. The molecule has 0 bridgehead atoms. The van der Waals surface area contributed by atoms with Gasteiger partial charge in [-0.05, 0) is 25.9 Å². The van der Waals surface area contributed by atoms with Gasteiger partial charge < -0.3 is 0 Å². The quantitative estimate of drug-likeness (QED) is 0.668. The fraction of sp³-hybridized carbons (Fsp3) is 0.909. The molecule has 3 heteroatoms. The molecule has 0 aliphatic carbocycles. The second-order valence-electron chi connectivity index (χ2n) is 4.33. The monoisotopic (exact) mass is 213 g/mol. The van der Waals surface area contributed by atoms with Crippen molar-refractivity contribution in [1.82, 2.24) is 4.90 Å². The van der Waals surface area contributed by atoms with Crippen LogP contribution in [-0.2, 0) is 4.79 Å². The van der Waals surface area contributed by atoms with Crippen LogP contribution in [-0.4, -0.2) is 34.4 Å². The van der Waals surface area contributed by atoms with Crippen LogP contribution in [0.1, 0.15) is 39.0 Å². The number of nitrogens with zero attached hydrogens (tertiary/aromatic N) is 1. The van der Waals surface area contributed by atoms with Crippen LogP contribution in [0.5, 0.6) is 0 Å². The van der Waals surface area contributed by atoms with Gasteiger partial charge in [0.2, 0.25) is 0 Å². The van der Waals surface area contributed by atoms with E-state index in [1.54, 1.807) is 11.8 Å². The lowest BCUT2D eigenvalue weighted by Gasteiger charge is -2.22. The Balaban J connectivity index is 1.80. The third-order valence-electron chi connectivity index (χ3n) is 3.31. The Morgan fingerprint density at radius 2 is 2.36 bits per heavy atom. The summed E-state index contributed by atoms with van der Waals surface area (Å²) in [5, 5.41) is 1.05. The molecule has 80 valence electrons. The molecule has 0 aromatic rings. The molecule has 0 spiro atoms. The van der Waals surface area contributed by atoms with Crippen molar-refractivity contribution < 1.29 is 4.79 Å². The van der Waals surface area contributed by atoms with Gasteiger partial charge >= 0.3 is 0 Å². The van der Waals surface area contributed by atoms with Gasteiger partial charge in [0, 0.05) is 17.7 Å². The van der Waals surface area contributed by atoms with Crippen LogP contribution in [0.2, 0.25) is 0 Å². The van der Waals surface area contributed by atoms with E-state index in [0.29, 0.717) is 16.4 Å². The maximum absolute atomic E-state index is 11.3. The largest absolute Gasteiger partial charge is 0.299 e. The number of likely N-dealkylation sites (tertiary alicyclic amines) is 1. The molecule has 2 nitrogen and oxygen atoms in total. The fourth-order valence-electron chi connectivity index (χ4n) is 2.51. The first kappa shape index (κ1) is 10.5. The zero-order chi connectivity index (χ0) is 9.97. The molecule has 2 unspecified atom stereocenters. The van der Waals surface area contributed by atoms with E-state index >= 15 is 0 Å². The Hall–Kier alpha value is -0.0200. The predicted octanol–water partition coefficient (Wildman–Crippen LogP) is 2.28. The molecule has 2 saturated heterocycles. The van der Waals surface area contributed by atoms with E-state index in [0.717, 1.165) is 6.42 Å². The van der Waals surface area contributed by atoms with Gasteiger partial charge in [0.05, 0.1) is 0 Å². The van der Waals surface area contributed by atoms with Crippen molar-refractivity contribution in [1.29, 1.82) is 0 Å². The number of thioether (sulfide) groups is 1. The SMILES string of the molecule is CCCCCN1CCC2SC(=O)CC21. The lowest BCUT2D eigenvalue weighted by molar-refractivity contribution is -0.111. The van der Waals surface area contributed by atoms with Gasteiger partial charge in [0.25, 0.3) is 0 Å². The summed E-state index contributed by atoms with van der Waals surface area (Å²) >= 11 is 1.60. The maximum atomic E-state index is 11.3. The number of hydrogen-bond donors (Lipinski definition) is 0. The van der Waals surface area contributed by atoms with Crippen LogP contribution in [0.4, 0.5) is 0 Å². The summed E-state index contributed by atoms with van der Waals surface area (Å²) in [6.45, 7) is 4.67. The Kier molecular flexibility index (Phi) is 3.50. The summed E-state index contributed by atoms with van der Waals surface area (Å²) in [5.74, 6) is 0. The molecule has 0 aromatic carbocycles. The van der Waals surface area contributed by atoms with Crippen molar-refractivity contribution in [2.24, 2.45) is 0 Å². The normalized spacial score (nSPS) is 32.5. The Bertz CT molecular complexity index is 219. The number of rotatable bonds is 4. The van der Waals surface area contributed by atoms with E-state index in [1.165, 1.54) is 38.8 Å². The van der Waals surface area contributed by atoms with Gasteiger partial charge in [-0.15, -0.1) is 0 Å². The van der Waals surface area contributed by atoms with Crippen LogP contribution < -0.4 is 0 Å². The highest BCUT2D eigenvalue weighted by Crippen LogP contribution is 2.38. The van der Waals surface area contributed by atoms with E-state index < -0.39 is 0 Å². The first-order valence-corrected chi connectivity index (χ1v) is 6.62. The molecule has 2 rings (SSSR count). The number of hydrogen-bond acceptors (Lipinski definition) is 3. The van der Waals surface area contributed by atoms with E-state index in [1.807, 2.05) is 0 Å². The molecule has 2 aliphatic rings. The molecular weight excluding hydrogens is 194 g/mol. The lowest BCUT2D eigenvalue weighted by atomic mass is 10.1. The van der Waals surface area contributed by atoms with Gasteiger partial charge in [-0.2, -0.15) is 0 Å². The van der Waals surface area contributed by atoms with Gasteiger partial charge in [0.15, 0.2) is 5.12 Å². The van der Waals surface area contributed by atoms with E-state index in [2.05, 4.69) is 11.8 Å². The molecule has 0 amide bonds. The summed E-state index contributed by atoms with van der Waals surface area (Å²) in [6.07, 6.45) is 5.96. The first-order valence-electron chi connectivity index (χ1n) is 5.75. The molecule has 0 radical (unpaired) electrons. The number of unbranched alkanes of at least 4 members (excludes halogenated alkanes) is 2. The second-order valence-corrected chi connectivity index (χ2v) is 5.63. The highest BCUT2D eigenvalue weighted by molar-refractivity contribution is 8.14. The van der Waals surface area contributed by atoms with E-state index in [-0.39, 0.29) is 0 Å². The van der Waals surface area contributed by atoms with Gasteiger partial charge in [0.1, 0.15) is 0 Å². The average Bonchev–Trinajstić information content (AvgIpc) is 2.66. The summed E-state index contributed by atoms with van der Waals surface area (Å²) < 4.78 is 0. The molecule has 0 N–H and O–H groups in total. The van der Waals surface area contributed by atoms with Crippen LogP contribution in [0.15, 0.2) is 0 Å². The minimum atomic E-state index is 0.417. The van der Waals surface area contributed by atoms with Gasteiger partial charge in [-0.25, -0.2) is 0 Å². The summed E-state index contributed by atoms with van der Waals surface area (Å²) in [5.41, 5.74) is 0. The molecule has 14 heavy (non-hydrogen) atoms. The highest BCUT2D eigenvalue weighted by Gasteiger charge is 2.41. The third kappa shape index (κ3) is 2.14. The van der Waals surface area contributed by atoms with Crippen molar-refractivity contribution in [3.63, 3.8) is 0 Å². The molecule has 0 saturated carbocycles. The van der Waals surface area contributed by atoms with Crippen LogP contribution in [0.3, 0.4) is 0 Å². The third-order valence-corrected chi connectivity index (χ3v) is 4.59. The van der Waals surface area contributed by atoms with Gasteiger partial charge in [-0.1, -0.05) is 31.5 Å². The Morgan fingerprint density at radius 3 is 3.14 bits per heavy atom. The standard InChI is InChI=1S/C11H19NOS/c1-2-3-4-6-12-7-5-10-9(12)8-11(13)14-10/h9-10H,2-8H2,1H3. The molecular formula is C11H19NOS. The second kappa shape index (κ2) is 4.67. The van der Waals surface area contributed by atoms with Gasteiger partial charge in [-0.3, -0.25) is 9.69 Å². The first-order chi connectivity index (χ1) is 6.81. The summed E-state index contributed by atoms with van der Waals surface area (Å²) in [4.78, 5) is 13.8. The topological polar surface area (TPSA) is 20.3 Å². The van der Waals surface area contributed by atoms with Crippen molar-refractivity contribution in [2.75, 3.05) is 13.1 Å². The van der Waals surface area contributed by atoms with Crippen molar-refractivity contribution in [3.8, 4) is 0 Å². The summed E-state index contributed by atoms with van der Waals surface area (Å²) in [7, 11) is 0. The Morgan fingerprint density at radius 1 is 1.50 bits per heavy atom. The van der Waals surface area contributed by atoms with Crippen molar-refractivity contribution in [3.05, 3.63) is 0 Å². The van der Waals surface area contributed by atoms with Crippen molar-refractivity contribution >= 4 is 16.9 Å². The van der Waals surface area contributed by atoms with E-state index in [9.17, 15) is 4.79 Å². The zero-order valence-electron chi connectivity index (χ0n) is 8.87. The molecule has 0 aromatic heterocycles. The van der Waals surface area contributed by atoms with Crippen molar-refractivity contribution in [2.45, 2.75) is 50.3 Å². The van der Waals surface area contributed by atoms with E-state index in [4.69, 9.17) is 0 Å². The highest BCUT2D eigenvalue weighted by atomic mass is 32.2. The molecule has 2 atom stereocenters. The summed E-state index contributed by atoms with van der Waals surface area (Å²) in [6, 6.07) is 0.587. The molecule has 2 aliphatic heterocycles. The average molecular weight is 213 g/mol.